The molecule has 0 fully saturated rings. The number of benzene rings is 4. The number of rotatable bonds is 12. The maximum absolute atomic E-state index is 13.5. The van der Waals surface area contributed by atoms with Crippen LogP contribution in [0.5, 0.6) is 11.5 Å². The van der Waals surface area contributed by atoms with E-state index in [-0.39, 0.29) is 31.5 Å². The summed E-state index contributed by atoms with van der Waals surface area (Å²) in [5, 5.41) is 5.27. The van der Waals surface area contributed by atoms with E-state index in [1.807, 2.05) is 37.3 Å². The summed E-state index contributed by atoms with van der Waals surface area (Å²) < 4.78 is 11.0. The normalized spacial score (nSPS) is 10.3. The molecule has 0 atom stereocenters. The van der Waals surface area contributed by atoms with Crippen LogP contribution in [0, 0.1) is 6.92 Å². The Morgan fingerprint density at radius 3 is 2.02 bits per heavy atom. The molecule has 0 bridgehead atoms. The number of anilines is 4. The Balaban J connectivity index is 1.48. The van der Waals surface area contributed by atoms with Crippen LogP contribution in [0.1, 0.15) is 5.56 Å². The molecule has 46 heavy (non-hydrogen) atoms. The van der Waals surface area contributed by atoms with E-state index in [0.29, 0.717) is 34.2 Å². The number of nitrogens with zero attached hydrogens (tertiary/aromatic N) is 3. The van der Waals surface area contributed by atoms with E-state index in [1.54, 1.807) is 94.0 Å². The fourth-order valence-corrected chi connectivity index (χ4v) is 4.46. The summed E-state index contributed by atoms with van der Waals surface area (Å²) in [6, 6.07) is 29.3. The summed E-state index contributed by atoms with van der Waals surface area (Å²) in [7, 11) is 4.81. The summed E-state index contributed by atoms with van der Waals surface area (Å²) in [5.74, 6) is -0.262. The number of carbonyl (C=O) groups excluding carboxylic acids is 4. The first-order valence-electron chi connectivity index (χ1n) is 14.5. The van der Waals surface area contributed by atoms with Gasteiger partial charge in [-0.05, 0) is 61.0 Å². The number of nitrogens with one attached hydrogen (secondary N) is 2. The molecule has 238 valence electrons. The number of likely N-dealkylation sites (N-methyl/N-ethyl adjacent to an activating group) is 2. The highest BCUT2D eigenvalue weighted by atomic mass is 16.5. The number of para-hydroxylation sites is 1. The second kappa shape index (κ2) is 15.8. The molecule has 0 heterocycles. The van der Waals surface area contributed by atoms with Crippen LogP contribution in [0.3, 0.4) is 0 Å². The van der Waals surface area contributed by atoms with Crippen molar-refractivity contribution in [2.75, 3.05) is 60.9 Å². The quantitative estimate of drug-likeness (QED) is 0.233. The zero-order valence-corrected chi connectivity index (χ0v) is 26.2. The molecule has 0 aromatic heterocycles. The summed E-state index contributed by atoms with van der Waals surface area (Å²) in [6.07, 6.45) is 0. The predicted molar refractivity (Wildman–Crippen MR) is 179 cm³/mol. The van der Waals surface area contributed by atoms with E-state index in [2.05, 4.69) is 10.6 Å². The van der Waals surface area contributed by atoms with Gasteiger partial charge in [0.15, 0.2) is 6.61 Å². The summed E-state index contributed by atoms with van der Waals surface area (Å²) >= 11 is 0. The van der Waals surface area contributed by atoms with Gasteiger partial charge in [-0.15, -0.1) is 0 Å². The Morgan fingerprint density at radius 2 is 1.30 bits per heavy atom. The van der Waals surface area contributed by atoms with Crippen LogP contribution >= 0.6 is 0 Å². The lowest BCUT2D eigenvalue weighted by Crippen LogP contribution is -2.46. The molecule has 0 aliphatic rings. The standard InChI is InChI=1S/C35H37N5O6/c1-25-11-8-12-26(19-25)37-35(44)36-22-32(41)40(23-33(42)38(2)27-13-6-5-7-14-27)29-16-10-18-31(21-29)46-24-34(43)39(3)28-15-9-17-30(20-28)45-4/h5-21H,22-24H2,1-4H3,(H2,36,37,44). The molecule has 4 aromatic carbocycles. The van der Waals surface area contributed by atoms with E-state index < -0.39 is 11.9 Å². The zero-order chi connectivity index (χ0) is 33.1. The van der Waals surface area contributed by atoms with Crippen molar-refractivity contribution < 1.29 is 28.7 Å². The molecule has 11 heteroatoms. The van der Waals surface area contributed by atoms with Crippen molar-refractivity contribution in [2.45, 2.75) is 6.92 Å². The van der Waals surface area contributed by atoms with Gasteiger partial charge in [-0.1, -0.05) is 42.5 Å². The number of hydrogen-bond acceptors (Lipinski definition) is 6. The van der Waals surface area contributed by atoms with Gasteiger partial charge in [0.2, 0.25) is 11.8 Å². The van der Waals surface area contributed by atoms with Crippen LogP contribution in [-0.4, -0.2) is 64.7 Å². The summed E-state index contributed by atoms with van der Waals surface area (Å²) in [5.41, 5.74) is 3.20. The Morgan fingerprint density at radius 1 is 0.674 bits per heavy atom. The largest absolute Gasteiger partial charge is 0.497 e. The van der Waals surface area contributed by atoms with Gasteiger partial charge < -0.3 is 34.8 Å². The van der Waals surface area contributed by atoms with Crippen LogP contribution < -0.4 is 34.8 Å². The van der Waals surface area contributed by atoms with E-state index in [4.69, 9.17) is 9.47 Å². The Bertz CT molecular complexity index is 1680. The third-order valence-corrected chi connectivity index (χ3v) is 7.09. The van der Waals surface area contributed by atoms with Crippen LogP contribution in [0.2, 0.25) is 0 Å². The molecule has 4 rings (SSSR count). The second-order valence-corrected chi connectivity index (χ2v) is 10.4. The number of aryl methyl sites for hydroxylation is 1. The Labute approximate surface area is 268 Å². The predicted octanol–water partition coefficient (Wildman–Crippen LogP) is 4.86. The minimum absolute atomic E-state index is 0.276. The fraction of sp³-hybridized carbons (Fsp3) is 0.200. The van der Waals surface area contributed by atoms with Crippen molar-refractivity contribution >= 4 is 46.5 Å². The number of methoxy groups -OCH3 is 1. The zero-order valence-electron chi connectivity index (χ0n) is 26.2. The molecule has 4 aromatic rings. The third kappa shape index (κ3) is 9.08. The first kappa shape index (κ1) is 33.1. The van der Waals surface area contributed by atoms with E-state index >= 15 is 0 Å². The lowest BCUT2D eigenvalue weighted by atomic mass is 10.2. The van der Waals surface area contributed by atoms with Crippen molar-refractivity contribution in [1.82, 2.24) is 5.32 Å². The van der Waals surface area contributed by atoms with Crippen molar-refractivity contribution in [2.24, 2.45) is 0 Å². The molecule has 0 unspecified atom stereocenters. The molecular weight excluding hydrogens is 586 g/mol. The van der Waals surface area contributed by atoms with E-state index in [1.165, 1.54) is 14.7 Å². The molecule has 0 spiro atoms. The Hall–Kier alpha value is -5.84. The van der Waals surface area contributed by atoms with Gasteiger partial charge in [-0.25, -0.2) is 4.79 Å². The highest BCUT2D eigenvalue weighted by molar-refractivity contribution is 6.05. The van der Waals surface area contributed by atoms with Crippen LogP contribution in [0.4, 0.5) is 27.5 Å². The van der Waals surface area contributed by atoms with E-state index in [9.17, 15) is 19.2 Å². The van der Waals surface area contributed by atoms with Crippen LogP contribution in [-0.2, 0) is 14.4 Å². The molecule has 11 nitrogen and oxygen atoms in total. The highest BCUT2D eigenvalue weighted by Crippen LogP contribution is 2.24. The van der Waals surface area contributed by atoms with Crippen molar-refractivity contribution in [1.29, 1.82) is 0 Å². The van der Waals surface area contributed by atoms with Gasteiger partial charge in [0.05, 0.1) is 13.7 Å². The second-order valence-electron chi connectivity index (χ2n) is 10.4. The minimum Gasteiger partial charge on any atom is -0.497 e. The fourth-order valence-electron chi connectivity index (χ4n) is 4.46. The summed E-state index contributed by atoms with van der Waals surface area (Å²) in [4.78, 5) is 56.5. The molecule has 0 saturated heterocycles. The average molecular weight is 624 g/mol. The van der Waals surface area contributed by atoms with Gasteiger partial charge in [0.1, 0.15) is 18.0 Å². The first-order chi connectivity index (χ1) is 22.1. The lowest BCUT2D eigenvalue weighted by molar-refractivity contribution is -0.121. The lowest BCUT2D eigenvalue weighted by Gasteiger charge is -2.26. The van der Waals surface area contributed by atoms with Gasteiger partial charge in [-0.3, -0.25) is 14.4 Å². The molecule has 5 amide bonds. The minimum atomic E-state index is -0.567. The molecule has 0 aliphatic heterocycles. The number of urea groups is 1. The number of amides is 5. The molecule has 2 N–H and O–H groups in total. The smallest absolute Gasteiger partial charge is 0.319 e. The van der Waals surface area contributed by atoms with Crippen LogP contribution in [0.25, 0.3) is 0 Å². The highest BCUT2D eigenvalue weighted by Gasteiger charge is 2.23. The van der Waals surface area contributed by atoms with Crippen molar-refractivity contribution in [3.8, 4) is 11.5 Å². The topological polar surface area (TPSA) is 121 Å². The molecular formula is C35H37N5O6. The molecule has 0 aliphatic carbocycles. The molecule has 0 radical (unpaired) electrons. The van der Waals surface area contributed by atoms with Crippen LogP contribution in [0.15, 0.2) is 103 Å². The maximum atomic E-state index is 13.5. The Kier molecular flexibility index (Phi) is 11.3. The van der Waals surface area contributed by atoms with Crippen molar-refractivity contribution in [3.63, 3.8) is 0 Å². The third-order valence-electron chi connectivity index (χ3n) is 7.09. The van der Waals surface area contributed by atoms with Gasteiger partial charge in [0.25, 0.3) is 5.91 Å². The van der Waals surface area contributed by atoms with Gasteiger partial charge in [0, 0.05) is 49.0 Å². The van der Waals surface area contributed by atoms with Gasteiger partial charge in [-0.2, -0.15) is 0 Å². The SMILES string of the molecule is COc1cccc(N(C)C(=O)COc2cccc(N(CC(=O)N(C)c3ccccc3)C(=O)CNC(=O)Nc3cccc(C)c3)c2)c1. The monoisotopic (exact) mass is 623 g/mol. The maximum Gasteiger partial charge on any atom is 0.319 e. The molecule has 0 saturated carbocycles. The number of hydrogen-bond donors (Lipinski definition) is 2. The average Bonchev–Trinajstić information content (AvgIpc) is 3.08. The van der Waals surface area contributed by atoms with E-state index in [0.717, 1.165) is 5.56 Å². The van der Waals surface area contributed by atoms with Crippen molar-refractivity contribution in [3.05, 3.63) is 109 Å². The first-order valence-corrected chi connectivity index (χ1v) is 14.5. The number of carbonyl (C=O) groups is 4. The van der Waals surface area contributed by atoms with Gasteiger partial charge >= 0.3 is 6.03 Å². The summed E-state index contributed by atoms with van der Waals surface area (Å²) in [6.45, 7) is 0.934. The number of ether oxygens (including phenoxy) is 2.